The van der Waals surface area contributed by atoms with Crippen molar-refractivity contribution in [1.29, 1.82) is 0 Å². The van der Waals surface area contributed by atoms with E-state index in [9.17, 15) is 4.79 Å². The summed E-state index contributed by atoms with van der Waals surface area (Å²) in [6, 6.07) is 10.6. The van der Waals surface area contributed by atoms with Crippen molar-refractivity contribution in [3.63, 3.8) is 0 Å². The fourth-order valence-electron chi connectivity index (χ4n) is 3.33. The van der Waals surface area contributed by atoms with Crippen molar-refractivity contribution in [2.75, 3.05) is 26.2 Å². The molecule has 1 aromatic carbocycles. The minimum absolute atomic E-state index is 0.189. The molecule has 2 aliphatic rings. The lowest BCUT2D eigenvalue weighted by molar-refractivity contribution is -0.128. The zero-order valence-corrected chi connectivity index (χ0v) is 13.2. The van der Waals surface area contributed by atoms with Crippen LogP contribution in [-0.4, -0.2) is 43.2 Å². The molecule has 4 nitrogen and oxygen atoms in total. The van der Waals surface area contributed by atoms with Crippen molar-refractivity contribution in [3.05, 3.63) is 35.9 Å². The van der Waals surface area contributed by atoms with Crippen LogP contribution in [0.1, 0.15) is 43.7 Å². The highest BCUT2D eigenvalue weighted by Gasteiger charge is 2.25. The van der Waals surface area contributed by atoms with Crippen LogP contribution in [-0.2, 0) is 9.53 Å². The van der Waals surface area contributed by atoms with Gasteiger partial charge in [0.25, 0.3) is 0 Å². The first-order valence-electron chi connectivity index (χ1n) is 8.50. The molecule has 0 saturated carbocycles. The lowest BCUT2D eigenvalue weighted by Crippen LogP contribution is -2.40. The summed E-state index contributed by atoms with van der Waals surface area (Å²) in [5.74, 6) is 0.289. The molecular weight excluding hydrogens is 276 g/mol. The van der Waals surface area contributed by atoms with Crippen LogP contribution in [0.5, 0.6) is 0 Å². The number of amides is 1. The molecule has 0 bridgehead atoms. The number of nitrogens with one attached hydrogen (secondary N) is 1. The summed E-state index contributed by atoms with van der Waals surface area (Å²) in [5, 5.41) is 3.63. The topological polar surface area (TPSA) is 41.6 Å². The van der Waals surface area contributed by atoms with Gasteiger partial charge in [-0.1, -0.05) is 30.3 Å². The van der Waals surface area contributed by atoms with Crippen molar-refractivity contribution < 1.29 is 9.53 Å². The fourth-order valence-corrected chi connectivity index (χ4v) is 3.33. The van der Waals surface area contributed by atoms with Gasteiger partial charge in [0.15, 0.2) is 0 Å². The fraction of sp³-hybridized carbons (Fsp3) is 0.611. The lowest BCUT2D eigenvalue weighted by Gasteiger charge is -2.29. The Bertz CT molecular complexity index is 471. The SMILES string of the molecule is O=C1CCCN1CC(NCC1CCCCO1)c1ccccc1. The number of hydrogen-bond acceptors (Lipinski definition) is 3. The molecule has 1 aromatic rings. The van der Waals surface area contributed by atoms with Gasteiger partial charge in [-0.2, -0.15) is 0 Å². The van der Waals surface area contributed by atoms with Crippen molar-refractivity contribution >= 4 is 5.91 Å². The van der Waals surface area contributed by atoms with Crippen molar-refractivity contribution in [2.45, 2.75) is 44.2 Å². The van der Waals surface area contributed by atoms with Gasteiger partial charge in [-0.05, 0) is 31.2 Å². The van der Waals surface area contributed by atoms with Crippen LogP contribution < -0.4 is 5.32 Å². The third-order valence-corrected chi connectivity index (χ3v) is 4.64. The molecular formula is C18H26N2O2. The molecule has 2 aliphatic heterocycles. The van der Waals surface area contributed by atoms with E-state index in [1.54, 1.807) is 0 Å². The smallest absolute Gasteiger partial charge is 0.222 e. The maximum Gasteiger partial charge on any atom is 0.222 e. The highest BCUT2D eigenvalue weighted by Crippen LogP contribution is 2.19. The van der Waals surface area contributed by atoms with Crippen LogP contribution in [0.2, 0.25) is 0 Å². The van der Waals surface area contributed by atoms with Crippen LogP contribution in [0.4, 0.5) is 0 Å². The molecule has 22 heavy (non-hydrogen) atoms. The number of hydrogen-bond donors (Lipinski definition) is 1. The Kier molecular flexibility index (Phi) is 5.46. The first kappa shape index (κ1) is 15.5. The van der Waals surface area contributed by atoms with Gasteiger partial charge in [-0.3, -0.25) is 4.79 Å². The Labute approximate surface area is 132 Å². The number of ether oxygens (including phenoxy) is 1. The molecule has 2 atom stereocenters. The number of carbonyl (C=O) groups excluding carboxylic acids is 1. The molecule has 4 heteroatoms. The summed E-state index contributed by atoms with van der Waals surface area (Å²) in [4.78, 5) is 13.9. The zero-order valence-electron chi connectivity index (χ0n) is 13.2. The molecule has 2 unspecified atom stereocenters. The summed E-state index contributed by atoms with van der Waals surface area (Å²) in [5.41, 5.74) is 1.25. The molecule has 0 aromatic heterocycles. The molecule has 1 N–H and O–H groups in total. The van der Waals surface area contributed by atoms with Crippen molar-refractivity contribution in [1.82, 2.24) is 10.2 Å². The molecule has 2 saturated heterocycles. The number of rotatable bonds is 6. The van der Waals surface area contributed by atoms with Crippen molar-refractivity contribution in [2.24, 2.45) is 0 Å². The first-order chi connectivity index (χ1) is 10.8. The van der Waals surface area contributed by atoms with Gasteiger partial charge in [0.2, 0.25) is 5.91 Å². The van der Waals surface area contributed by atoms with Gasteiger partial charge < -0.3 is 15.0 Å². The predicted octanol–water partition coefficient (Wildman–Crippen LogP) is 2.51. The molecule has 120 valence electrons. The van der Waals surface area contributed by atoms with E-state index in [1.165, 1.54) is 18.4 Å². The molecule has 3 rings (SSSR count). The van der Waals surface area contributed by atoms with Crippen LogP contribution in [0.25, 0.3) is 0 Å². The number of carbonyl (C=O) groups is 1. The molecule has 2 heterocycles. The van der Waals surface area contributed by atoms with E-state index in [1.807, 2.05) is 11.0 Å². The Balaban J connectivity index is 1.61. The van der Waals surface area contributed by atoms with E-state index in [0.717, 1.165) is 39.1 Å². The summed E-state index contributed by atoms with van der Waals surface area (Å²) in [6.45, 7) is 3.40. The van der Waals surface area contributed by atoms with Crippen LogP contribution in [0, 0.1) is 0 Å². The van der Waals surface area contributed by atoms with Gasteiger partial charge in [0.05, 0.1) is 6.10 Å². The Morgan fingerprint density at radius 3 is 2.77 bits per heavy atom. The monoisotopic (exact) mass is 302 g/mol. The summed E-state index contributed by atoms with van der Waals surface area (Å²) in [7, 11) is 0. The summed E-state index contributed by atoms with van der Waals surface area (Å²) >= 11 is 0. The Morgan fingerprint density at radius 1 is 1.23 bits per heavy atom. The predicted molar refractivity (Wildman–Crippen MR) is 86.6 cm³/mol. The van der Waals surface area contributed by atoms with E-state index < -0.39 is 0 Å². The average molecular weight is 302 g/mol. The van der Waals surface area contributed by atoms with E-state index in [-0.39, 0.29) is 11.9 Å². The zero-order chi connectivity index (χ0) is 15.2. The normalized spacial score (nSPS) is 23.7. The molecule has 1 amide bonds. The molecule has 0 radical (unpaired) electrons. The highest BCUT2D eigenvalue weighted by molar-refractivity contribution is 5.78. The highest BCUT2D eigenvalue weighted by atomic mass is 16.5. The number of nitrogens with zero attached hydrogens (tertiary/aromatic N) is 1. The standard InChI is InChI=1S/C18H26N2O2/c21-18-10-6-11-20(18)14-17(15-7-2-1-3-8-15)19-13-16-9-4-5-12-22-16/h1-3,7-8,16-17,19H,4-6,9-14H2. The lowest BCUT2D eigenvalue weighted by atomic mass is 10.0. The van der Waals surface area contributed by atoms with E-state index in [0.29, 0.717) is 12.5 Å². The van der Waals surface area contributed by atoms with E-state index in [2.05, 4.69) is 29.6 Å². The third-order valence-electron chi connectivity index (χ3n) is 4.64. The maximum absolute atomic E-state index is 11.9. The van der Waals surface area contributed by atoms with E-state index >= 15 is 0 Å². The molecule has 0 aliphatic carbocycles. The first-order valence-corrected chi connectivity index (χ1v) is 8.50. The molecule has 2 fully saturated rings. The Morgan fingerprint density at radius 2 is 2.09 bits per heavy atom. The quantitative estimate of drug-likeness (QED) is 0.878. The minimum Gasteiger partial charge on any atom is -0.377 e. The minimum atomic E-state index is 0.189. The third kappa shape index (κ3) is 4.08. The largest absolute Gasteiger partial charge is 0.377 e. The van der Waals surface area contributed by atoms with Crippen LogP contribution >= 0.6 is 0 Å². The maximum atomic E-state index is 11.9. The molecule has 0 spiro atoms. The van der Waals surface area contributed by atoms with Gasteiger partial charge in [-0.25, -0.2) is 0 Å². The van der Waals surface area contributed by atoms with Gasteiger partial charge in [0, 0.05) is 38.7 Å². The Hall–Kier alpha value is -1.39. The van der Waals surface area contributed by atoms with Crippen LogP contribution in [0.3, 0.4) is 0 Å². The summed E-state index contributed by atoms with van der Waals surface area (Å²) < 4.78 is 5.81. The van der Waals surface area contributed by atoms with Crippen molar-refractivity contribution in [3.8, 4) is 0 Å². The van der Waals surface area contributed by atoms with Gasteiger partial charge in [0.1, 0.15) is 0 Å². The average Bonchev–Trinajstić information content (AvgIpc) is 2.98. The second-order valence-corrected chi connectivity index (χ2v) is 6.30. The second kappa shape index (κ2) is 7.75. The number of benzene rings is 1. The van der Waals surface area contributed by atoms with Crippen LogP contribution in [0.15, 0.2) is 30.3 Å². The van der Waals surface area contributed by atoms with Gasteiger partial charge in [-0.15, -0.1) is 0 Å². The summed E-state index contributed by atoms with van der Waals surface area (Å²) in [6.07, 6.45) is 5.58. The second-order valence-electron chi connectivity index (χ2n) is 6.30. The van der Waals surface area contributed by atoms with E-state index in [4.69, 9.17) is 4.74 Å². The van der Waals surface area contributed by atoms with Gasteiger partial charge >= 0.3 is 0 Å². The number of likely N-dealkylation sites (tertiary alicyclic amines) is 1.